The summed E-state index contributed by atoms with van der Waals surface area (Å²) in [6, 6.07) is 12.7. The predicted octanol–water partition coefficient (Wildman–Crippen LogP) is 3.61. The van der Waals surface area contributed by atoms with Crippen molar-refractivity contribution < 1.29 is 13.9 Å². The van der Waals surface area contributed by atoms with Crippen LogP contribution >= 0.6 is 12.2 Å². The number of carbonyl (C=O) groups excluding carboxylic acids is 1. The van der Waals surface area contributed by atoms with Gasteiger partial charge in [-0.3, -0.25) is 4.79 Å². The molecule has 0 aromatic heterocycles. The molecule has 3 rings (SSSR count). The van der Waals surface area contributed by atoms with Crippen molar-refractivity contribution in [3.63, 3.8) is 0 Å². The standard InChI is InChI=1S/C20H20FN3O2S/c1-12-17(19(25)22-15-9-4-5-10-16(15)26-3)18(23-20(27)24(12)2)13-7-6-8-14(21)11-13/h4-11,18H,1-3H3,(H,22,25)(H,23,27)/t18-/m1/s1. The molecular formula is C20H20FN3O2S. The molecule has 0 saturated heterocycles. The fourth-order valence-corrected chi connectivity index (χ4v) is 3.26. The van der Waals surface area contributed by atoms with Crippen LogP contribution in [0.3, 0.4) is 0 Å². The molecule has 0 bridgehead atoms. The first kappa shape index (κ1) is 18.8. The second-order valence-electron chi connectivity index (χ2n) is 6.15. The molecule has 0 saturated carbocycles. The molecule has 1 aliphatic rings. The minimum Gasteiger partial charge on any atom is -0.495 e. The van der Waals surface area contributed by atoms with Crippen LogP contribution in [0.4, 0.5) is 10.1 Å². The summed E-state index contributed by atoms with van der Waals surface area (Å²) < 4.78 is 19.1. The Bertz CT molecular complexity index is 929. The monoisotopic (exact) mass is 385 g/mol. The highest BCUT2D eigenvalue weighted by atomic mass is 32.1. The van der Waals surface area contributed by atoms with Gasteiger partial charge in [0.05, 0.1) is 24.4 Å². The van der Waals surface area contributed by atoms with Crippen LogP contribution < -0.4 is 15.4 Å². The van der Waals surface area contributed by atoms with Crippen molar-refractivity contribution in [3.05, 3.63) is 71.2 Å². The number of nitrogens with zero attached hydrogens (tertiary/aromatic N) is 1. The number of anilines is 1. The third-order valence-electron chi connectivity index (χ3n) is 4.54. The predicted molar refractivity (Wildman–Crippen MR) is 107 cm³/mol. The van der Waals surface area contributed by atoms with Gasteiger partial charge in [0.1, 0.15) is 11.6 Å². The van der Waals surface area contributed by atoms with Crippen molar-refractivity contribution in [2.24, 2.45) is 0 Å². The van der Waals surface area contributed by atoms with Gasteiger partial charge in [-0.15, -0.1) is 0 Å². The maximum atomic E-state index is 13.8. The Labute approximate surface area is 162 Å². The minimum atomic E-state index is -0.556. The number of thiocarbonyl (C=S) groups is 1. The highest BCUT2D eigenvalue weighted by molar-refractivity contribution is 7.80. The molecule has 140 valence electrons. The van der Waals surface area contributed by atoms with Gasteiger partial charge < -0.3 is 20.3 Å². The summed E-state index contributed by atoms with van der Waals surface area (Å²) in [5.74, 6) is -0.131. The van der Waals surface area contributed by atoms with Gasteiger partial charge in [0.25, 0.3) is 5.91 Å². The molecule has 2 aromatic rings. The molecular weight excluding hydrogens is 365 g/mol. The maximum Gasteiger partial charge on any atom is 0.255 e. The normalized spacial score (nSPS) is 16.8. The van der Waals surface area contributed by atoms with Gasteiger partial charge in [0.15, 0.2) is 5.11 Å². The third-order valence-corrected chi connectivity index (χ3v) is 4.93. The molecule has 0 aliphatic carbocycles. The number of allylic oxidation sites excluding steroid dienone is 1. The molecule has 0 fully saturated rings. The molecule has 5 nitrogen and oxygen atoms in total. The van der Waals surface area contributed by atoms with Crippen LogP contribution in [0.5, 0.6) is 5.75 Å². The topological polar surface area (TPSA) is 53.6 Å². The van der Waals surface area contributed by atoms with Gasteiger partial charge in [-0.05, 0) is 49.0 Å². The van der Waals surface area contributed by atoms with E-state index in [9.17, 15) is 9.18 Å². The minimum absolute atomic E-state index is 0.312. The zero-order chi connectivity index (χ0) is 19.6. The van der Waals surface area contributed by atoms with E-state index in [1.807, 2.05) is 19.1 Å². The Kier molecular flexibility index (Phi) is 5.41. The number of methoxy groups -OCH3 is 1. The Morgan fingerprint density at radius 3 is 2.70 bits per heavy atom. The van der Waals surface area contributed by atoms with E-state index in [4.69, 9.17) is 17.0 Å². The lowest BCUT2D eigenvalue weighted by Gasteiger charge is -2.35. The van der Waals surface area contributed by atoms with Gasteiger partial charge in [0.2, 0.25) is 0 Å². The number of amides is 1. The molecule has 27 heavy (non-hydrogen) atoms. The van der Waals surface area contributed by atoms with Crippen molar-refractivity contribution in [2.75, 3.05) is 19.5 Å². The van der Waals surface area contributed by atoms with Crippen LogP contribution in [0.2, 0.25) is 0 Å². The summed E-state index contributed by atoms with van der Waals surface area (Å²) in [4.78, 5) is 14.9. The molecule has 0 spiro atoms. The van der Waals surface area contributed by atoms with E-state index in [0.29, 0.717) is 33.4 Å². The Morgan fingerprint density at radius 1 is 1.26 bits per heavy atom. The van der Waals surface area contributed by atoms with Crippen molar-refractivity contribution in [3.8, 4) is 5.75 Å². The van der Waals surface area contributed by atoms with E-state index in [2.05, 4.69) is 10.6 Å². The number of nitrogens with one attached hydrogen (secondary N) is 2. The Hall–Kier alpha value is -2.93. The first-order valence-electron chi connectivity index (χ1n) is 8.37. The van der Waals surface area contributed by atoms with Crippen LogP contribution in [0, 0.1) is 5.82 Å². The van der Waals surface area contributed by atoms with Gasteiger partial charge in [0, 0.05) is 12.7 Å². The highest BCUT2D eigenvalue weighted by Gasteiger charge is 2.32. The van der Waals surface area contributed by atoms with Crippen molar-refractivity contribution in [1.29, 1.82) is 0 Å². The summed E-state index contributed by atoms with van der Waals surface area (Å²) in [7, 11) is 3.32. The number of ether oxygens (including phenoxy) is 1. The van der Waals surface area contributed by atoms with Crippen molar-refractivity contribution >= 4 is 28.9 Å². The van der Waals surface area contributed by atoms with Crippen LogP contribution in [-0.2, 0) is 4.79 Å². The molecule has 1 atom stereocenters. The number of benzene rings is 2. The number of rotatable bonds is 4. The third kappa shape index (κ3) is 3.78. The summed E-state index contributed by atoms with van der Waals surface area (Å²) in [6.07, 6.45) is 0. The molecule has 2 N–H and O–H groups in total. The lowest BCUT2D eigenvalue weighted by molar-refractivity contribution is -0.113. The van der Waals surface area contributed by atoms with E-state index >= 15 is 0 Å². The lowest BCUT2D eigenvalue weighted by atomic mass is 9.94. The highest BCUT2D eigenvalue weighted by Crippen LogP contribution is 2.32. The van der Waals surface area contributed by atoms with Crippen LogP contribution in [-0.4, -0.2) is 30.1 Å². The first-order chi connectivity index (χ1) is 12.9. The van der Waals surface area contributed by atoms with Gasteiger partial charge in [-0.25, -0.2) is 4.39 Å². The first-order valence-corrected chi connectivity index (χ1v) is 8.78. The van der Waals surface area contributed by atoms with Crippen LogP contribution in [0.25, 0.3) is 0 Å². The quantitative estimate of drug-likeness (QED) is 0.788. The summed E-state index contributed by atoms with van der Waals surface area (Å²) >= 11 is 5.36. The van der Waals surface area contributed by atoms with Crippen molar-refractivity contribution in [1.82, 2.24) is 10.2 Å². The molecule has 1 aliphatic heterocycles. The molecule has 0 unspecified atom stereocenters. The van der Waals surface area contributed by atoms with E-state index in [1.54, 1.807) is 43.3 Å². The van der Waals surface area contributed by atoms with Crippen LogP contribution in [0.1, 0.15) is 18.5 Å². The smallest absolute Gasteiger partial charge is 0.255 e. The fraction of sp³-hybridized carbons (Fsp3) is 0.200. The fourth-order valence-electron chi connectivity index (χ4n) is 3.00. The van der Waals surface area contributed by atoms with Crippen LogP contribution in [0.15, 0.2) is 59.8 Å². The second kappa shape index (κ2) is 7.75. The van der Waals surface area contributed by atoms with E-state index < -0.39 is 6.04 Å². The SMILES string of the molecule is COc1ccccc1NC(=O)C1=C(C)N(C)C(=S)N[C@@H]1c1cccc(F)c1. The number of hydrogen-bond donors (Lipinski definition) is 2. The van der Waals surface area contributed by atoms with E-state index in [-0.39, 0.29) is 11.7 Å². The van der Waals surface area contributed by atoms with Gasteiger partial charge in [-0.1, -0.05) is 24.3 Å². The zero-order valence-corrected chi connectivity index (χ0v) is 16.1. The summed E-state index contributed by atoms with van der Waals surface area (Å²) in [6.45, 7) is 1.82. The molecule has 2 aromatic carbocycles. The largest absolute Gasteiger partial charge is 0.495 e. The summed E-state index contributed by atoms with van der Waals surface area (Å²) in [5.41, 5.74) is 2.33. The number of halogens is 1. The van der Waals surface area contributed by atoms with Gasteiger partial charge in [-0.2, -0.15) is 0 Å². The molecule has 0 radical (unpaired) electrons. The molecule has 7 heteroatoms. The Balaban J connectivity index is 2.02. The van der Waals surface area contributed by atoms with Crippen molar-refractivity contribution in [2.45, 2.75) is 13.0 Å². The average Bonchev–Trinajstić information content (AvgIpc) is 2.66. The average molecular weight is 385 g/mol. The lowest BCUT2D eigenvalue weighted by Crippen LogP contribution is -2.46. The zero-order valence-electron chi connectivity index (χ0n) is 15.2. The number of hydrogen-bond acceptors (Lipinski definition) is 3. The number of para-hydroxylation sites is 2. The number of carbonyl (C=O) groups is 1. The molecule has 1 amide bonds. The Morgan fingerprint density at radius 2 is 2.00 bits per heavy atom. The van der Waals surface area contributed by atoms with E-state index in [1.165, 1.54) is 12.1 Å². The van der Waals surface area contributed by atoms with E-state index in [0.717, 1.165) is 0 Å². The van der Waals surface area contributed by atoms with Gasteiger partial charge >= 0.3 is 0 Å². The summed E-state index contributed by atoms with van der Waals surface area (Å²) in [5, 5.41) is 6.48. The molecule has 1 heterocycles. The maximum absolute atomic E-state index is 13.8. The second-order valence-corrected chi connectivity index (χ2v) is 6.54.